The van der Waals surface area contributed by atoms with Crippen molar-refractivity contribution < 1.29 is 9.13 Å². The number of ether oxygens (including phenoxy) is 1. The number of anilines is 1. The van der Waals surface area contributed by atoms with Crippen molar-refractivity contribution in [3.05, 3.63) is 24.0 Å². The Labute approximate surface area is 88.4 Å². The molecule has 0 bridgehead atoms. The summed E-state index contributed by atoms with van der Waals surface area (Å²) >= 11 is 0. The lowest BCUT2D eigenvalue weighted by Crippen LogP contribution is -2.43. The van der Waals surface area contributed by atoms with Gasteiger partial charge in [0.1, 0.15) is 17.7 Å². The summed E-state index contributed by atoms with van der Waals surface area (Å²) in [4.78, 5) is 0. The summed E-state index contributed by atoms with van der Waals surface area (Å²) in [6, 6.07) is 5.04. The summed E-state index contributed by atoms with van der Waals surface area (Å²) in [7, 11) is 0. The molecule has 1 aromatic carbocycles. The Morgan fingerprint density at radius 3 is 3.07 bits per heavy atom. The summed E-state index contributed by atoms with van der Waals surface area (Å²) in [5.41, 5.74) is 0.804. The lowest BCUT2D eigenvalue weighted by molar-refractivity contribution is 0.131. The standard InChI is InChI=1S/C12H14FNO/c13-8-5-6-12-10(7-8)14-9-3-1-2-4-11(9)15-12/h5-7,9,11,14H,1-4H2. The molecule has 3 heteroatoms. The van der Waals surface area contributed by atoms with Gasteiger partial charge in [-0.25, -0.2) is 4.39 Å². The molecule has 1 aromatic rings. The van der Waals surface area contributed by atoms with Gasteiger partial charge in [-0.2, -0.15) is 0 Å². The molecule has 2 nitrogen and oxygen atoms in total. The van der Waals surface area contributed by atoms with Gasteiger partial charge in [-0.3, -0.25) is 0 Å². The SMILES string of the molecule is Fc1ccc2c(c1)NC1CCCCC1O2. The third kappa shape index (κ3) is 1.56. The second-order valence-corrected chi connectivity index (χ2v) is 4.33. The Morgan fingerprint density at radius 1 is 1.27 bits per heavy atom. The van der Waals surface area contributed by atoms with Crippen molar-refractivity contribution in [1.82, 2.24) is 0 Å². The number of hydrogen-bond acceptors (Lipinski definition) is 2. The molecular formula is C12H14FNO. The van der Waals surface area contributed by atoms with Gasteiger partial charge in [-0.15, -0.1) is 0 Å². The van der Waals surface area contributed by atoms with Crippen molar-refractivity contribution in [1.29, 1.82) is 0 Å². The lowest BCUT2D eigenvalue weighted by Gasteiger charge is -2.38. The van der Waals surface area contributed by atoms with Gasteiger partial charge in [0, 0.05) is 6.07 Å². The number of rotatable bonds is 0. The fraction of sp³-hybridized carbons (Fsp3) is 0.500. The van der Waals surface area contributed by atoms with Crippen LogP contribution in [0, 0.1) is 5.82 Å². The summed E-state index contributed by atoms with van der Waals surface area (Å²) in [5.74, 6) is 0.582. The number of benzene rings is 1. The summed E-state index contributed by atoms with van der Waals surface area (Å²) in [5, 5.41) is 3.37. The zero-order valence-corrected chi connectivity index (χ0v) is 8.50. The molecule has 2 atom stereocenters. The van der Waals surface area contributed by atoms with E-state index in [1.165, 1.54) is 25.0 Å². The third-order valence-electron chi connectivity index (χ3n) is 3.26. The number of fused-ring (bicyclic) bond motifs is 2. The van der Waals surface area contributed by atoms with Crippen LogP contribution in [0.5, 0.6) is 5.75 Å². The average Bonchev–Trinajstić information content (AvgIpc) is 2.26. The zero-order valence-electron chi connectivity index (χ0n) is 8.50. The molecule has 1 fully saturated rings. The Kier molecular flexibility index (Phi) is 2.04. The molecule has 1 aliphatic carbocycles. The average molecular weight is 207 g/mol. The molecule has 1 aliphatic heterocycles. The van der Waals surface area contributed by atoms with Crippen LogP contribution in [0.15, 0.2) is 18.2 Å². The van der Waals surface area contributed by atoms with Crippen LogP contribution in [0.25, 0.3) is 0 Å². The van der Waals surface area contributed by atoms with Crippen LogP contribution in [0.1, 0.15) is 25.7 Å². The van der Waals surface area contributed by atoms with Crippen LogP contribution < -0.4 is 10.1 Å². The van der Waals surface area contributed by atoms with E-state index in [1.807, 2.05) is 0 Å². The van der Waals surface area contributed by atoms with Gasteiger partial charge in [0.15, 0.2) is 0 Å². The highest BCUT2D eigenvalue weighted by molar-refractivity contribution is 5.59. The van der Waals surface area contributed by atoms with Crippen molar-refractivity contribution >= 4 is 5.69 Å². The van der Waals surface area contributed by atoms with E-state index in [2.05, 4.69) is 5.32 Å². The quantitative estimate of drug-likeness (QED) is 0.706. The van der Waals surface area contributed by atoms with Crippen molar-refractivity contribution in [3.8, 4) is 5.75 Å². The van der Waals surface area contributed by atoms with Gasteiger partial charge in [0.25, 0.3) is 0 Å². The van der Waals surface area contributed by atoms with Gasteiger partial charge in [-0.1, -0.05) is 6.42 Å². The highest BCUT2D eigenvalue weighted by Crippen LogP contribution is 2.36. The highest BCUT2D eigenvalue weighted by Gasteiger charge is 2.31. The minimum Gasteiger partial charge on any atom is -0.486 e. The van der Waals surface area contributed by atoms with Gasteiger partial charge >= 0.3 is 0 Å². The largest absolute Gasteiger partial charge is 0.486 e. The molecule has 0 spiro atoms. The zero-order chi connectivity index (χ0) is 10.3. The van der Waals surface area contributed by atoms with E-state index in [4.69, 9.17) is 4.74 Å². The summed E-state index contributed by atoms with van der Waals surface area (Å²) < 4.78 is 18.9. The summed E-state index contributed by atoms with van der Waals surface area (Å²) in [6.45, 7) is 0. The van der Waals surface area contributed by atoms with Gasteiger partial charge < -0.3 is 10.1 Å². The molecule has 1 saturated carbocycles. The van der Waals surface area contributed by atoms with E-state index in [9.17, 15) is 4.39 Å². The van der Waals surface area contributed by atoms with Crippen molar-refractivity contribution in [2.45, 2.75) is 37.8 Å². The minimum atomic E-state index is -0.209. The molecule has 0 radical (unpaired) electrons. The number of nitrogens with one attached hydrogen (secondary N) is 1. The fourth-order valence-corrected chi connectivity index (χ4v) is 2.48. The Morgan fingerprint density at radius 2 is 2.13 bits per heavy atom. The monoisotopic (exact) mass is 207 g/mol. The summed E-state index contributed by atoms with van der Waals surface area (Å²) in [6.07, 6.45) is 4.98. The molecule has 0 saturated heterocycles. The molecule has 3 rings (SSSR count). The van der Waals surface area contributed by atoms with E-state index >= 15 is 0 Å². The van der Waals surface area contributed by atoms with Crippen LogP contribution in [0.3, 0.4) is 0 Å². The first-order chi connectivity index (χ1) is 7.33. The molecule has 80 valence electrons. The Hall–Kier alpha value is -1.25. The molecule has 15 heavy (non-hydrogen) atoms. The molecule has 2 unspecified atom stereocenters. The van der Waals surface area contributed by atoms with E-state index in [1.54, 1.807) is 6.07 Å². The second kappa shape index (κ2) is 3.40. The van der Waals surface area contributed by atoms with E-state index in [-0.39, 0.29) is 11.9 Å². The van der Waals surface area contributed by atoms with Crippen LogP contribution in [0.2, 0.25) is 0 Å². The fourth-order valence-electron chi connectivity index (χ4n) is 2.48. The lowest BCUT2D eigenvalue weighted by atomic mass is 9.91. The predicted octanol–water partition coefficient (Wildman–Crippen LogP) is 2.94. The van der Waals surface area contributed by atoms with Gasteiger partial charge in [0.05, 0.1) is 11.7 Å². The van der Waals surface area contributed by atoms with Crippen LogP contribution >= 0.6 is 0 Å². The second-order valence-electron chi connectivity index (χ2n) is 4.33. The first-order valence-corrected chi connectivity index (χ1v) is 5.56. The smallest absolute Gasteiger partial charge is 0.143 e. The molecule has 2 aliphatic rings. The Bertz CT molecular complexity index is 380. The number of halogens is 1. The van der Waals surface area contributed by atoms with Crippen LogP contribution in [0.4, 0.5) is 10.1 Å². The van der Waals surface area contributed by atoms with Crippen LogP contribution in [-0.2, 0) is 0 Å². The molecule has 1 N–H and O–H groups in total. The molecule has 1 heterocycles. The maximum Gasteiger partial charge on any atom is 0.143 e. The van der Waals surface area contributed by atoms with E-state index < -0.39 is 0 Å². The van der Waals surface area contributed by atoms with E-state index in [0.717, 1.165) is 24.3 Å². The predicted molar refractivity (Wildman–Crippen MR) is 56.7 cm³/mol. The van der Waals surface area contributed by atoms with Crippen LogP contribution in [-0.4, -0.2) is 12.1 Å². The number of hydrogen-bond donors (Lipinski definition) is 1. The molecule has 0 amide bonds. The third-order valence-corrected chi connectivity index (χ3v) is 3.26. The Balaban J connectivity index is 1.92. The van der Waals surface area contributed by atoms with E-state index in [0.29, 0.717) is 6.04 Å². The maximum atomic E-state index is 13.0. The first-order valence-electron chi connectivity index (χ1n) is 5.56. The van der Waals surface area contributed by atoms with Crippen molar-refractivity contribution in [3.63, 3.8) is 0 Å². The van der Waals surface area contributed by atoms with Crippen molar-refractivity contribution in [2.24, 2.45) is 0 Å². The van der Waals surface area contributed by atoms with Crippen molar-refractivity contribution in [2.75, 3.05) is 5.32 Å². The normalized spacial score (nSPS) is 28.3. The first kappa shape index (κ1) is 9.01. The topological polar surface area (TPSA) is 21.3 Å². The van der Waals surface area contributed by atoms with Gasteiger partial charge in [-0.05, 0) is 31.4 Å². The minimum absolute atomic E-state index is 0.209. The molecular weight excluding hydrogens is 193 g/mol. The highest BCUT2D eigenvalue weighted by atomic mass is 19.1. The van der Waals surface area contributed by atoms with Gasteiger partial charge in [0.2, 0.25) is 0 Å². The maximum absolute atomic E-state index is 13.0. The molecule has 0 aromatic heterocycles.